The van der Waals surface area contributed by atoms with Crippen molar-refractivity contribution in [3.05, 3.63) is 64.6 Å². The van der Waals surface area contributed by atoms with Crippen LogP contribution in [0.4, 0.5) is 11.5 Å². The van der Waals surface area contributed by atoms with E-state index in [1.165, 1.54) is 11.5 Å². The van der Waals surface area contributed by atoms with Crippen molar-refractivity contribution in [2.45, 2.75) is 12.6 Å². The van der Waals surface area contributed by atoms with E-state index in [1.54, 1.807) is 0 Å². The van der Waals surface area contributed by atoms with Gasteiger partial charge in [0.15, 0.2) is 17.3 Å². The van der Waals surface area contributed by atoms with Gasteiger partial charge in [-0.15, -0.1) is 0 Å². The predicted octanol–water partition coefficient (Wildman–Crippen LogP) is 4.78. The van der Waals surface area contributed by atoms with Crippen molar-refractivity contribution >= 4 is 55.0 Å². The van der Waals surface area contributed by atoms with E-state index in [0.717, 1.165) is 54.3 Å². The molecule has 0 fully saturated rings. The lowest BCUT2D eigenvalue weighted by molar-refractivity contribution is -0.140. The molecular weight excluding hydrogens is 534 g/mol. The minimum atomic E-state index is -1.09. The quantitative estimate of drug-likeness (QED) is 0.246. The van der Waals surface area contributed by atoms with E-state index in [4.69, 9.17) is 19.7 Å². The van der Waals surface area contributed by atoms with Gasteiger partial charge in [-0.3, -0.25) is 10.1 Å². The van der Waals surface area contributed by atoms with Crippen molar-refractivity contribution in [3.63, 3.8) is 0 Å². The first-order chi connectivity index (χ1) is 17.0. The van der Waals surface area contributed by atoms with Gasteiger partial charge in [-0.25, -0.2) is 0 Å². The Morgan fingerprint density at radius 2 is 1.94 bits per heavy atom. The molecule has 8 nitrogen and oxygen atoms in total. The molecule has 0 saturated carbocycles. The molecule has 0 spiro atoms. The molecule has 4 aromatic rings. The van der Waals surface area contributed by atoms with Crippen molar-refractivity contribution in [2.24, 2.45) is 0 Å². The van der Waals surface area contributed by atoms with Crippen LogP contribution < -0.4 is 20.1 Å². The molecule has 1 aliphatic heterocycles. The summed E-state index contributed by atoms with van der Waals surface area (Å²) < 4.78 is 17.9. The van der Waals surface area contributed by atoms with Gasteiger partial charge in [0.05, 0.1) is 17.0 Å². The number of aliphatic carboxylic acids is 1. The van der Waals surface area contributed by atoms with Gasteiger partial charge in [-0.2, -0.15) is 4.37 Å². The molecule has 0 radical (unpaired) electrons. The van der Waals surface area contributed by atoms with E-state index >= 15 is 0 Å². The standard InChI is InChI=1S/C25H22BrN3O5S/c26-18-10-14(12-27-20(13-30)25(31)32)4-6-19(18)28-24-17-3-1-2-16(23(17)35-29-24)15-5-7-21-22(11-15)34-9-8-33-21/h1-7,10-11,20,27,30H,8-9,12-13H2,(H,28,29)(H,31,32)/t20-/m0/s1. The number of hydrogen-bond acceptors (Lipinski definition) is 8. The highest BCUT2D eigenvalue weighted by Crippen LogP contribution is 2.40. The summed E-state index contributed by atoms with van der Waals surface area (Å²) in [6, 6.07) is 16.8. The smallest absolute Gasteiger partial charge is 0.323 e. The van der Waals surface area contributed by atoms with Gasteiger partial charge in [-0.1, -0.05) is 24.3 Å². The van der Waals surface area contributed by atoms with Crippen LogP contribution in [-0.2, 0) is 11.3 Å². The van der Waals surface area contributed by atoms with Gasteiger partial charge in [0.1, 0.15) is 19.3 Å². The van der Waals surface area contributed by atoms with Crippen molar-refractivity contribution in [2.75, 3.05) is 25.1 Å². The summed E-state index contributed by atoms with van der Waals surface area (Å²) in [7, 11) is 0. The number of aliphatic hydroxyl groups is 1. The first-order valence-electron chi connectivity index (χ1n) is 10.9. The Morgan fingerprint density at radius 1 is 1.11 bits per heavy atom. The largest absolute Gasteiger partial charge is 0.486 e. The number of nitrogens with one attached hydrogen (secondary N) is 2. The number of hydrogen-bond donors (Lipinski definition) is 4. The highest BCUT2D eigenvalue weighted by atomic mass is 79.9. The normalized spacial score (nSPS) is 13.5. The van der Waals surface area contributed by atoms with Gasteiger partial charge in [-0.05, 0) is 68.9 Å². The van der Waals surface area contributed by atoms with E-state index in [2.05, 4.69) is 37.0 Å². The molecule has 5 rings (SSSR count). The molecule has 0 aliphatic carbocycles. The summed E-state index contributed by atoms with van der Waals surface area (Å²) >= 11 is 5.02. The van der Waals surface area contributed by atoms with Crippen LogP contribution in [0, 0.1) is 0 Å². The van der Waals surface area contributed by atoms with E-state index in [9.17, 15) is 4.79 Å². The zero-order valence-electron chi connectivity index (χ0n) is 18.5. The number of nitrogens with zero attached hydrogens (tertiary/aromatic N) is 1. The first-order valence-corrected chi connectivity index (χ1v) is 12.5. The molecule has 3 aromatic carbocycles. The molecule has 4 N–H and O–H groups in total. The minimum Gasteiger partial charge on any atom is -0.486 e. The predicted molar refractivity (Wildman–Crippen MR) is 139 cm³/mol. The van der Waals surface area contributed by atoms with Crippen LogP contribution in [0.25, 0.3) is 21.2 Å². The third-order valence-electron chi connectivity index (χ3n) is 5.67. The molecule has 0 amide bonds. The van der Waals surface area contributed by atoms with Gasteiger partial charge >= 0.3 is 5.97 Å². The van der Waals surface area contributed by atoms with Crippen LogP contribution in [0.1, 0.15) is 5.56 Å². The number of ether oxygens (including phenoxy) is 2. The molecule has 0 bridgehead atoms. The number of aromatic nitrogens is 1. The summed E-state index contributed by atoms with van der Waals surface area (Å²) in [5, 5.41) is 25.5. The number of benzene rings is 3. The second-order valence-electron chi connectivity index (χ2n) is 7.97. The number of fused-ring (bicyclic) bond motifs is 2. The van der Waals surface area contributed by atoms with Crippen molar-refractivity contribution < 1.29 is 24.5 Å². The molecule has 1 aliphatic rings. The van der Waals surface area contributed by atoms with E-state index in [0.29, 0.717) is 19.8 Å². The fraction of sp³-hybridized carbons (Fsp3) is 0.200. The average Bonchev–Trinajstić information content (AvgIpc) is 3.28. The molecule has 35 heavy (non-hydrogen) atoms. The lowest BCUT2D eigenvalue weighted by atomic mass is 10.0. The number of carboxylic acid groups (broad SMARTS) is 1. The van der Waals surface area contributed by atoms with Gasteiger partial charge in [0.2, 0.25) is 0 Å². The summed E-state index contributed by atoms with van der Waals surface area (Å²) in [4.78, 5) is 11.1. The van der Waals surface area contributed by atoms with Crippen molar-refractivity contribution in [3.8, 4) is 22.6 Å². The summed E-state index contributed by atoms with van der Waals surface area (Å²) in [5.41, 5.74) is 3.83. The Bertz CT molecular complexity index is 1390. The Labute approximate surface area is 213 Å². The Balaban J connectivity index is 1.37. The second-order valence-corrected chi connectivity index (χ2v) is 9.59. The Hall–Kier alpha value is -3.18. The van der Waals surface area contributed by atoms with Crippen molar-refractivity contribution in [1.82, 2.24) is 9.69 Å². The summed E-state index contributed by atoms with van der Waals surface area (Å²) in [5.74, 6) is 1.18. The molecule has 10 heteroatoms. The highest BCUT2D eigenvalue weighted by molar-refractivity contribution is 9.10. The third kappa shape index (κ3) is 4.96. The summed E-state index contributed by atoms with van der Waals surface area (Å²) in [6.45, 7) is 0.946. The van der Waals surface area contributed by atoms with Crippen LogP contribution in [0.3, 0.4) is 0 Å². The van der Waals surface area contributed by atoms with Crippen LogP contribution in [-0.4, -0.2) is 46.4 Å². The maximum Gasteiger partial charge on any atom is 0.323 e. The fourth-order valence-corrected chi connectivity index (χ4v) is 5.26. The number of carboxylic acids is 1. The average molecular weight is 556 g/mol. The van der Waals surface area contributed by atoms with E-state index < -0.39 is 18.6 Å². The highest BCUT2D eigenvalue weighted by Gasteiger charge is 2.17. The molecule has 0 unspecified atom stereocenters. The molecule has 2 heterocycles. The topological polar surface area (TPSA) is 113 Å². The maximum absolute atomic E-state index is 11.1. The van der Waals surface area contributed by atoms with Crippen LogP contribution in [0.2, 0.25) is 0 Å². The van der Waals surface area contributed by atoms with Gasteiger partial charge < -0.3 is 25.0 Å². The monoisotopic (exact) mass is 555 g/mol. The van der Waals surface area contributed by atoms with Crippen LogP contribution >= 0.6 is 27.5 Å². The SMILES string of the molecule is O=C(O)[C@H](CO)NCc1ccc(Nc2nsc3c(-c4ccc5c(c4)OCCO5)cccc23)c(Br)c1. The molecule has 180 valence electrons. The third-order valence-corrected chi connectivity index (χ3v) is 7.22. The summed E-state index contributed by atoms with van der Waals surface area (Å²) in [6.07, 6.45) is 0. The number of rotatable bonds is 8. The number of anilines is 2. The minimum absolute atomic E-state index is 0.314. The van der Waals surface area contributed by atoms with Gasteiger partial charge in [0.25, 0.3) is 0 Å². The molecular formula is C25H22BrN3O5S. The van der Waals surface area contributed by atoms with E-state index in [-0.39, 0.29) is 0 Å². The number of halogens is 1. The second kappa shape index (κ2) is 10.2. The zero-order valence-corrected chi connectivity index (χ0v) is 20.9. The van der Waals surface area contributed by atoms with Crippen molar-refractivity contribution in [1.29, 1.82) is 0 Å². The Morgan fingerprint density at radius 3 is 2.71 bits per heavy atom. The zero-order chi connectivity index (χ0) is 24.4. The molecule has 0 saturated heterocycles. The fourth-order valence-electron chi connectivity index (χ4n) is 3.86. The number of aliphatic hydroxyl groups excluding tert-OH is 1. The number of carbonyl (C=O) groups is 1. The lowest BCUT2D eigenvalue weighted by Gasteiger charge is -2.19. The maximum atomic E-state index is 11.1. The molecule has 1 atom stereocenters. The Kier molecular flexibility index (Phi) is 6.87. The lowest BCUT2D eigenvalue weighted by Crippen LogP contribution is -2.39. The molecule has 1 aromatic heterocycles. The van der Waals surface area contributed by atoms with Crippen LogP contribution in [0.5, 0.6) is 11.5 Å². The van der Waals surface area contributed by atoms with Crippen LogP contribution in [0.15, 0.2) is 59.1 Å². The van der Waals surface area contributed by atoms with E-state index in [1.807, 2.05) is 48.5 Å². The first kappa shape index (κ1) is 23.6. The van der Waals surface area contributed by atoms with Gasteiger partial charge in [0, 0.05) is 22.0 Å².